The van der Waals surface area contributed by atoms with Crippen molar-refractivity contribution in [3.8, 4) is 0 Å². The van der Waals surface area contributed by atoms with Gasteiger partial charge in [0.15, 0.2) is 6.61 Å². The van der Waals surface area contributed by atoms with Crippen molar-refractivity contribution in [3.05, 3.63) is 46.3 Å². The fourth-order valence-corrected chi connectivity index (χ4v) is 2.96. The highest BCUT2D eigenvalue weighted by molar-refractivity contribution is 5.94. The van der Waals surface area contributed by atoms with Crippen LogP contribution < -0.4 is 5.63 Å². The van der Waals surface area contributed by atoms with Crippen LogP contribution in [0.15, 0.2) is 39.5 Å². The van der Waals surface area contributed by atoms with Crippen LogP contribution in [-0.2, 0) is 9.53 Å². The minimum Gasteiger partial charge on any atom is -0.452 e. The van der Waals surface area contributed by atoms with Crippen molar-refractivity contribution in [2.45, 2.75) is 32.2 Å². The van der Waals surface area contributed by atoms with Crippen LogP contribution in [0, 0.1) is 0 Å². The van der Waals surface area contributed by atoms with Gasteiger partial charge in [0.25, 0.3) is 5.91 Å². The topological polar surface area (TPSA) is 76.8 Å². The average molecular weight is 329 g/mol. The SMILES string of the molecule is C[C@@H]1CCCCN1C(=O)COC(=O)c1cc2ccccc2oc1=O. The Kier molecular flexibility index (Phi) is 4.64. The maximum Gasteiger partial charge on any atom is 0.351 e. The molecule has 1 saturated heterocycles. The molecule has 126 valence electrons. The summed E-state index contributed by atoms with van der Waals surface area (Å²) in [6.45, 7) is 2.29. The second kappa shape index (κ2) is 6.86. The first-order valence-corrected chi connectivity index (χ1v) is 8.06. The van der Waals surface area contributed by atoms with Crippen molar-refractivity contribution in [3.63, 3.8) is 0 Å². The molecule has 1 aromatic carbocycles. The molecule has 1 fully saturated rings. The molecule has 1 aliphatic rings. The molecule has 2 heterocycles. The Balaban J connectivity index is 1.70. The van der Waals surface area contributed by atoms with Crippen molar-refractivity contribution < 1.29 is 18.7 Å². The maximum atomic E-state index is 12.2. The molecule has 0 N–H and O–H groups in total. The van der Waals surface area contributed by atoms with Gasteiger partial charge < -0.3 is 14.1 Å². The summed E-state index contributed by atoms with van der Waals surface area (Å²) in [6.07, 6.45) is 3.01. The van der Waals surface area contributed by atoms with E-state index >= 15 is 0 Å². The number of amides is 1. The lowest BCUT2D eigenvalue weighted by atomic mass is 10.0. The zero-order valence-corrected chi connectivity index (χ0v) is 13.5. The molecule has 6 heteroatoms. The molecular formula is C18H19NO5. The molecule has 0 aliphatic carbocycles. The summed E-state index contributed by atoms with van der Waals surface area (Å²) in [5, 5.41) is 0.625. The summed E-state index contributed by atoms with van der Waals surface area (Å²) < 4.78 is 10.1. The van der Waals surface area contributed by atoms with Crippen LogP contribution in [0.5, 0.6) is 0 Å². The maximum absolute atomic E-state index is 12.2. The average Bonchev–Trinajstić information content (AvgIpc) is 2.59. The molecule has 3 rings (SSSR count). The first-order valence-electron chi connectivity index (χ1n) is 8.06. The number of nitrogens with zero attached hydrogens (tertiary/aromatic N) is 1. The summed E-state index contributed by atoms with van der Waals surface area (Å²) in [4.78, 5) is 37.9. The molecule has 24 heavy (non-hydrogen) atoms. The lowest BCUT2D eigenvalue weighted by molar-refractivity contribution is -0.137. The van der Waals surface area contributed by atoms with Crippen LogP contribution in [0.1, 0.15) is 36.5 Å². The van der Waals surface area contributed by atoms with E-state index in [2.05, 4.69) is 0 Å². The van der Waals surface area contributed by atoms with E-state index in [0.29, 0.717) is 17.5 Å². The van der Waals surface area contributed by atoms with Crippen molar-refractivity contribution in [1.82, 2.24) is 4.90 Å². The number of carbonyl (C=O) groups is 2. The Labute approximate surface area is 139 Å². The van der Waals surface area contributed by atoms with Gasteiger partial charge in [-0.15, -0.1) is 0 Å². The number of rotatable bonds is 3. The van der Waals surface area contributed by atoms with Crippen LogP contribution in [0.4, 0.5) is 0 Å². The quantitative estimate of drug-likeness (QED) is 0.638. The van der Waals surface area contributed by atoms with E-state index < -0.39 is 11.6 Å². The van der Waals surface area contributed by atoms with Crippen LogP contribution in [0.2, 0.25) is 0 Å². The standard InChI is InChI=1S/C18H19NO5/c1-12-6-4-5-9-19(12)16(20)11-23-17(21)14-10-13-7-2-3-8-15(13)24-18(14)22/h2-3,7-8,10,12H,4-6,9,11H2,1H3/t12-/m1/s1. The predicted molar refractivity (Wildman–Crippen MR) is 87.8 cm³/mol. The Morgan fingerprint density at radius 3 is 2.88 bits per heavy atom. The zero-order valence-electron chi connectivity index (χ0n) is 13.5. The molecule has 0 spiro atoms. The fraction of sp³-hybridized carbons (Fsp3) is 0.389. The molecule has 6 nitrogen and oxygen atoms in total. The van der Waals surface area contributed by atoms with Gasteiger partial charge in [0.1, 0.15) is 11.1 Å². The number of piperidine rings is 1. The minimum absolute atomic E-state index is 0.149. The van der Waals surface area contributed by atoms with E-state index in [4.69, 9.17) is 9.15 Å². The number of carbonyl (C=O) groups excluding carboxylic acids is 2. The third kappa shape index (κ3) is 3.32. The summed E-state index contributed by atoms with van der Waals surface area (Å²) in [5.74, 6) is -1.08. The Hall–Kier alpha value is -2.63. The second-order valence-electron chi connectivity index (χ2n) is 5.99. The predicted octanol–water partition coefficient (Wildman–Crippen LogP) is 2.35. The van der Waals surface area contributed by atoms with E-state index in [1.54, 1.807) is 29.2 Å². The molecular weight excluding hydrogens is 310 g/mol. The van der Waals surface area contributed by atoms with Crippen molar-refractivity contribution >= 4 is 22.8 Å². The first kappa shape index (κ1) is 16.2. The van der Waals surface area contributed by atoms with Crippen LogP contribution in [0.3, 0.4) is 0 Å². The summed E-state index contributed by atoms with van der Waals surface area (Å²) in [5.41, 5.74) is -0.567. The fourth-order valence-electron chi connectivity index (χ4n) is 2.96. The number of hydrogen-bond acceptors (Lipinski definition) is 5. The van der Waals surface area contributed by atoms with Gasteiger partial charge in [0.2, 0.25) is 0 Å². The Bertz CT molecular complexity index is 826. The van der Waals surface area contributed by atoms with Crippen LogP contribution in [-0.4, -0.2) is 36.0 Å². The van der Waals surface area contributed by atoms with E-state index in [-0.39, 0.29) is 24.1 Å². The third-order valence-electron chi connectivity index (χ3n) is 4.31. The van der Waals surface area contributed by atoms with Crippen molar-refractivity contribution in [1.29, 1.82) is 0 Å². The van der Waals surface area contributed by atoms with E-state index in [0.717, 1.165) is 19.3 Å². The molecule has 0 unspecified atom stereocenters. The Morgan fingerprint density at radius 2 is 2.08 bits per heavy atom. The number of benzene rings is 1. The molecule has 1 amide bonds. The van der Waals surface area contributed by atoms with E-state index in [1.807, 2.05) is 6.92 Å². The van der Waals surface area contributed by atoms with Gasteiger partial charge in [0.05, 0.1) is 0 Å². The molecule has 0 saturated carbocycles. The Morgan fingerprint density at radius 1 is 1.29 bits per heavy atom. The van der Waals surface area contributed by atoms with E-state index in [9.17, 15) is 14.4 Å². The van der Waals surface area contributed by atoms with Crippen LogP contribution >= 0.6 is 0 Å². The first-order chi connectivity index (χ1) is 11.6. The number of ether oxygens (including phenoxy) is 1. The number of esters is 1. The lowest BCUT2D eigenvalue weighted by Crippen LogP contribution is -2.44. The highest BCUT2D eigenvalue weighted by Gasteiger charge is 2.24. The molecule has 1 aromatic heterocycles. The summed E-state index contributed by atoms with van der Waals surface area (Å²) in [7, 11) is 0. The van der Waals surface area contributed by atoms with Gasteiger partial charge in [-0.25, -0.2) is 9.59 Å². The largest absolute Gasteiger partial charge is 0.452 e. The zero-order chi connectivity index (χ0) is 17.1. The number of fused-ring (bicyclic) bond motifs is 1. The van der Waals surface area contributed by atoms with Gasteiger partial charge in [-0.05, 0) is 38.3 Å². The van der Waals surface area contributed by atoms with Crippen LogP contribution in [0.25, 0.3) is 11.0 Å². The van der Waals surface area contributed by atoms with Gasteiger partial charge >= 0.3 is 11.6 Å². The highest BCUT2D eigenvalue weighted by atomic mass is 16.5. The number of para-hydroxylation sites is 1. The van der Waals surface area contributed by atoms with Crippen molar-refractivity contribution in [2.24, 2.45) is 0 Å². The summed E-state index contributed by atoms with van der Waals surface area (Å²) >= 11 is 0. The number of likely N-dealkylation sites (tertiary alicyclic amines) is 1. The normalized spacial score (nSPS) is 17.7. The minimum atomic E-state index is -0.840. The van der Waals surface area contributed by atoms with E-state index in [1.165, 1.54) is 6.07 Å². The molecule has 2 aromatic rings. The number of hydrogen-bond donors (Lipinski definition) is 0. The third-order valence-corrected chi connectivity index (χ3v) is 4.31. The highest BCUT2D eigenvalue weighted by Crippen LogP contribution is 2.17. The lowest BCUT2D eigenvalue weighted by Gasteiger charge is -2.33. The molecule has 1 atom stereocenters. The molecule has 1 aliphatic heterocycles. The second-order valence-corrected chi connectivity index (χ2v) is 5.99. The van der Waals surface area contributed by atoms with Gasteiger partial charge in [-0.3, -0.25) is 4.79 Å². The van der Waals surface area contributed by atoms with Gasteiger partial charge in [-0.2, -0.15) is 0 Å². The molecule has 0 radical (unpaired) electrons. The smallest absolute Gasteiger partial charge is 0.351 e. The van der Waals surface area contributed by atoms with Crippen molar-refractivity contribution in [2.75, 3.05) is 13.2 Å². The molecule has 0 bridgehead atoms. The summed E-state index contributed by atoms with van der Waals surface area (Å²) in [6, 6.07) is 8.47. The van der Waals surface area contributed by atoms with Gasteiger partial charge in [0, 0.05) is 18.0 Å². The van der Waals surface area contributed by atoms with Gasteiger partial charge in [-0.1, -0.05) is 18.2 Å². The monoisotopic (exact) mass is 329 g/mol.